The maximum absolute atomic E-state index is 12.8. The number of benzene rings is 1. The molecule has 0 unspecified atom stereocenters. The van der Waals surface area contributed by atoms with Crippen molar-refractivity contribution in [2.24, 2.45) is 5.92 Å². The SMILES string of the molecule is CC(C)(C)N(C(=O)O)[C@H]1C[C@H](CS(=O)(=O)c2cccc(C(F)(F)F)c2)C1. The lowest BCUT2D eigenvalue weighted by atomic mass is 9.79. The summed E-state index contributed by atoms with van der Waals surface area (Å²) in [4.78, 5) is 12.4. The fraction of sp³-hybridized carbons (Fsp3) is 0.588. The first kappa shape index (κ1) is 20.5. The van der Waals surface area contributed by atoms with Crippen molar-refractivity contribution in [3.8, 4) is 0 Å². The zero-order valence-electron chi connectivity index (χ0n) is 14.7. The largest absolute Gasteiger partial charge is 0.465 e. The van der Waals surface area contributed by atoms with Gasteiger partial charge in [0.1, 0.15) is 0 Å². The number of nitrogens with zero attached hydrogens (tertiary/aromatic N) is 1. The lowest BCUT2D eigenvalue weighted by Crippen LogP contribution is -2.56. The molecular formula is C17H22F3NO4S. The Balaban J connectivity index is 2.08. The molecule has 0 bridgehead atoms. The molecule has 1 aromatic rings. The predicted molar refractivity (Wildman–Crippen MR) is 89.6 cm³/mol. The van der Waals surface area contributed by atoms with Gasteiger partial charge in [-0.1, -0.05) is 6.07 Å². The molecule has 5 nitrogen and oxygen atoms in total. The number of carbonyl (C=O) groups is 1. The van der Waals surface area contributed by atoms with Crippen molar-refractivity contribution in [2.45, 2.75) is 56.3 Å². The van der Waals surface area contributed by atoms with Gasteiger partial charge in [-0.2, -0.15) is 13.2 Å². The highest BCUT2D eigenvalue weighted by Crippen LogP contribution is 2.38. The molecule has 9 heteroatoms. The normalized spacial score (nSPS) is 21.2. The van der Waals surface area contributed by atoms with E-state index in [1.165, 1.54) is 4.90 Å². The van der Waals surface area contributed by atoms with Gasteiger partial charge < -0.3 is 10.0 Å². The van der Waals surface area contributed by atoms with Crippen LogP contribution in [0.1, 0.15) is 39.2 Å². The molecule has 1 aliphatic carbocycles. The number of rotatable bonds is 4. The fourth-order valence-electron chi connectivity index (χ4n) is 3.31. The number of sulfone groups is 1. The molecule has 1 aromatic carbocycles. The van der Waals surface area contributed by atoms with Crippen molar-refractivity contribution in [3.63, 3.8) is 0 Å². The van der Waals surface area contributed by atoms with Crippen LogP contribution in [0, 0.1) is 5.92 Å². The molecule has 0 radical (unpaired) electrons. The minimum absolute atomic E-state index is 0.274. The van der Waals surface area contributed by atoms with Crippen LogP contribution < -0.4 is 0 Å². The summed E-state index contributed by atoms with van der Waals surface area (Å²) in [6.45, 7) is 5.27. The van der Waals surface area contributed by atoms with E-state index in [1.54, 1.807) is 20.8 Å². The van der Waals surface area contributed by atoms with E-state index in [9.17, 15) is 31.5 Å². The van der Waals surface area contributed by atoms with E-state index >= 15 is 0 Å². The summed E-state index contributed by atoms with van der Waals surface area (Å²) in [5.41, 5.74) is -1.61. The third-order valence-corrected chi connectivity index (χ3v) is 6.36. The number of amides is 1. The highest BCUT2D eigenvalue weighted by Gasteiger charge is 2.42. The predicted octanol–water partition coefficient (Wildman–Crippen LogP) is 4.04. The number of hydrogen-bond acceptors (Lipinski definition) is 3. The zero-order chi connectivity index (χ0) is 19.9. The molecule has 1 saturated carbocycles. The highest BCUT2D eigenvalue weighted by atomic mass is 32.2. The Bertz CT molecular complexity index is 778. The van der Waals surface area contributed by atoms with Crippen molar-refractivity contribution < 1.29 is 31.5 Å². The van der Waals surface area contributed by atoms with Gasteiger partial charge in [0, 0.05) is 11.6 Å². The first-order valence-electron chi connectivity index (χ1n) is 8.14. The van der Waals surface area contributed by atoms with E-state index in [1.807, 2.05) is 0 Å². The van der Waals surface area contributed by atoms with Crippen LogP contribution in [-0.2, 0) is 16.0 Å². The Morgan fingerprint density at radius 1 is 1.23 bits per heavy atom. The van der Waals surface area contributed by atoms with E-state index < -0.39 is 33.2 Å². The average molecular weight is 393 g/mol. The Kier molecular flexibility index (Phi) is 5.34. The lowest BCUT2D eigenvalue weighted by molar-refractivity contribution is -0.137. The summed E-state index contributed by atoms with van der Waals surface area (Å²) in [6, 6.07) is 3.41. The van der Waals surface area contributed by atoms with Gasteiger partial charge in [0.15, 0.2) is 9.84 Å². The van der Waals surface area contributed by atoms with Crippen molar-refractivity contribution in [3.05, 3.63) is 29.8 Å². The lowest BCUT2D eigenvalue weighted by Gasteiger charge is -2.47. The van der Waals surface area contributed by atoms with Crippen LogP contribution in [0.3, 0.4) is 0 Å². The van der Waals surface area contributed by atoms with Gasteiger partial charge in [-0.15, -0.1) is 0 Å². The van der Waals surface area contributed by atoms with Gasteiger partial charge >= 0.3 is 12.3 Å². The average Bonchev–Trinajstić information content (AvgIpc) is 2.42. The molecule has 0 saturated heterocycles. The number of hydrogen-bond donors (Lipinski definition) is 1. The molecule has 0 atom stereocenters. The van der Waals surface area contributed by atoms with Gasteiger partial charge in [-0.25, -0.2) is 13.2 Å². The van der Waals surface area contributed by atoms with Gasteiger partial charge in [0.2, 0.25) is 0 Å². The second-order valence-corrected chi connectivity index (χ2v) is 9.66. The molecular weight excluding hydrogens is 371 g/mol. The van der Waals surface area contributed by atoms with Crippen molar-refractivity contribution in [1.82, 2.24) is 4.90 Å². The second kappa shape index (κ2) is 6.75. The molecule has 0 spiro atoms. The fourth-order valence-corrected chi connectivity index (χ4v) is 4.99. The van der Waals surface area contributed by atoms with Crippen LogP contribution in [-0.4, -0.2) is 41.9 Å². The summed E-state index contributed by atoms with van der Waals surface area (Å²) in [5, 5.41) is 9.35. The minimum atomic E-state index is -4.61. The van der Waals surface area contributed by atoms with E-state index in [2.05, 4.69) is 0 Å². The summed E-state index contributed by atoms with van der Waals surface area (Å²) in [5.74, 6) is -0.564. The van der Waals surface area contributed by atoms with Gasteiger partial charge in [-0.05, 0) is 57.7 Å². The van der Waals surface area contributed by atoms with E-state index in [0.717, 1.165) is 18.2 Å². The maximum Gasteiger partial charge on any atom is 0.416 e. The van der Waals surface area contributed by atoms with Gasteiger partial charge in [0.05, 0.1) is 16.2 Å². The monoisotopic (exact) mass is 393 g/mol. The highest BCUT2D eigenvalue weighted by molar-refractivity contribution is 7.91. The van der Waals surface area contributed by atoms with Crippen LogP contribution in [0.2, 0.25) is 0 Å². The third-order valence-electron chi connectivity index (χ3n) is 4.48. The van der Waals surface area contributed by atoms with Crippen molar-refractivity contribution >= 4 is 15.9 Å². The van der Waals surface area contributed by atoms with Gasteiger partial charge in [0.25, 0.3) is 0 Å². The molecule has 146 valence electrons. The quantitative estimate of drug-likeness (QED) is 0.838. The van der Waals surface area contributed by atoms with Crippen LogP contribution in [0.15, 0.2) is 29.2 Å². The molecule has 1 fully saturated rings. The summed E-state index contributed by atoms with van der Waals surface area (Å²) in [7, 11) is -3.87. The van der Waals surface area contributed by atoms with Crippen LogP contribution in [0.25, 0.3) is 0 Å². The smallest absolute Gasteiger partial charge is 0.416 e. The van der Waals surface area contributed by atoms with E-state index in [0.29, 0.717) is 18.9 Å². The summed E-state index contributed by atoms with van der Waals surface area (Å²) < 4.78 is 63.2. The van der Waals surface area contributed by atoms with E-state index in [-0.39, 0.29) is 22.6 Å². The van der Waals surface area contributed by atoms with Crippen LogP contribution in [0.5, 0.6) is 0 Å². The number of carboxylic acid groups (broad SMARTS) is 1. The Morgan fingerprint density at radius 3 is 2.27 bits per heavy atom. The molecule has 26 heavy (non-hydrogen) atoms. The summed E-state index contributed by atoms with van der Waals surface area (Å²) in [6.07, 6.45) is -4.92. The Labute approximate surface area is 150 Å². The molecule has 1 aliphatic rings. The van der Waals surface area contributed by atoms with Gasteiger partial charge in [-0.3, -0.25) is 0 Å². The summed E-state index contributed by atoms with van der Waals surface area (Å²) >= 11 is 0. The van der Waals surface area contributed by atoms with Crippen LogP contribution >= 0.6 is 0 Å². The second-order valence-electron chi connectivity index (χ2n) is 7.62. The Morgan fingerprint density at radius 2 is 1.81 bits per heavy atom. The number of alkyl halides is 3. The number of halogens is 3. The van der Waals surface area contributed by atoms with Crippen molar-refractivity contribution in [2.75, 3.05) is 5.75 Å². The van der Waals surface area contributed by atoms with Crippen LogP contribution in [0.4, 0.5) is 18.0 Å². The molecule has 0 heterocycles. The Hall–Kier alpha value is -1.77. The van der Waals surface area contributed by atoms with E-state index in [4.69, 9.17) is 0 Å². The zero-order valence-corrected chi connectivity index (χ0v) is 15.6. The third kappa shape index (κ3) is 4.49. The molecule has 2 rings (SSSR count). The standard InChI is InChI=1S/C17H22F3NO4S/c1-16(2,3)21(15(22)23)13-7-11(8-13)10-26(24,25)14-6-4-5-12(9-14)17(18,19)20/h4-6,9,11,13H,7-8,10H2,1-3H3,(H,22,23)/t11-,13-. The molecule has 0 aromatic heterocycles. The maximum atomic E-state index is 12.8. The first-order valence-corrected chi connectivity index (χ1v) is 9.79. The molecule has 1 N–H and O–H groups in total. The topological polar surface area (TPSA) is 74.7 Å². The first-order chi connectivity index (χ1) is 11.7. The van der Waals surface area contributed by atoms with Crippen molar-refractivity contribution in [1.29, 1.82) is 0 Å². The molecule has 0 aliphatic heterocycles. The molecule has 1 amide bonds. The minimum Gasteiger partial charge on any atom is -0.465 e.